The Bertz CT molecular complexity index is 657. The number of hydrogen-bond donors (Lipinski definition) is 2. The number of para-hydroxylation sites is 1. The molecule has 2 N–H and O–H groups in total. The number of carboxylic acids is 1. The lowest BCUT2D eigenvalue weighted by Crippen LogP contribution is -2.49. The van der Waals surface area contributed by atoms with Gasteiger partial charge in [0.15, 0.2) is 0 Å². The maximum Gasteiger partial charge on any atom is 0.326 e. The van der Waals surface area contributed by atoms with Crippen molar-refractivity contribution in [1.29, 1.82) is 0 Å². The first-order valence-electron chi connectivity index (χ1n) is 7.93. The van der Waals surface area contributed by atoms with Crippen LogP contribution in [0.5, 0.6) is 0 Å². The van der Waals surface area contributed by atoms with Gasteiger partial charge in [-0.3, -0.25) is 9.59 Å². The fourth-order valence-corrected chi connectivity index (χ4v) is 2.40. The van der Waals surface area contributed by atoms with Gasteiger partial charge in [0, 0.05) is 12.8 Å². The van der Waals surface area contributed by atoms with E-state index in [0.717, 1.165) is 0 Å². The Morgan fingerprint density at radius 3 is 2.54 bits per heavy atom. The van der Waals surface area contributed by atoms with Crippen molar-refractivity contribution in [3.63, 3.8) is 0 Å². The number of nitrogens with zero attached hydrogens (tertiary/aromatic N) is 2. The number of carboxylic acid groups (broad SMARTS) is 1. The minimum atomic E-state index is -1.08. The number of anilines is 1. The molecular weight excluding hydrogens is 310 g/mol. The first-order valence-corrected chi connectivity index (χ1v) is 7.93. The zero-order valence-corrected chi connectivity index (χ0v) is 13.7. The Kier molecular flexibility index (Phi) is 5.68. The molecule has 0 fully saturated rings. The second-order valence-corrected chi connectivity index (χ2v) is 5.76. The van der Waals surface area contributed by atoms with E-state index in [2.05, 4.69) is 10.4 Å². The van der Waals surface area contributed by atoms with Crippen molar-refractivity contribution in [3.8, 4) is 0 Å². The molecule has 0 aliphatic carbocycles. The molecule has 0 spiro atoms. The van der Waals surface area contributed by atoms with Gasteiger partial charge in [0.05, 0.1) is 5.69 Å². The predicted molar refractivity (Wildman–Crippen MR) is 89.6 cm³/mol. The number of carbonyl (C=O) groups excluding carboxylic acids is 2. The second-order valence-electron chi connectivity index (χ2n) is 5.76. The van der Waals surface area contributed by atoms with Crippen LogP contribution in [0.3, 0.4) is 0 Å². The van der Waals surface area contributed by atoms with Gasteiger partial charge in [-0.15, -0.1) is 0 Å². The average molecular weight is 331 g/mol. The number of nitrogens with one attached hydrogen (secondary N) is 1. The molecule has 7 nitrogen and oxygen atoms in total. The summed E-state index contributed by atoms with van der Waals surface area (Å²) in [5, 5.41) is 17.1. The highest BCUT2D eigenvalue weighted by atomic mass is 16.4. The van der Waals surface area contributed by atoms with Crippen LogP contribution in [0.15, 0.2) is 35.4 Å². The fourth-order valence-electron chi connectivity index (χ4n) is 2.40. The van der Waals surface area contributed by atoms with E-state index in [1.165, 1.54) is 5.01 Å². The molecule has 1 heterocycles. The normalized spacial score (nSPS) is 17.0. The van der Waals surface area contributed by atoms with Gasteiger partial charge in [0.25, 0.3) is 5.91 Å². The van der Waals surface area contributed by atoms with Gasteiger partial charge >= 0.3 is 5.97 Å². The van der Waals surface area contributed by atoms with Crippen LogP contribution in [-0.2, 0) is 14.4 Å². The molecule has 0 radical (unpaired) electrons. The third-order valence-corrected chi connectivity index (χ3v) is 4.06. The van der Waals surface area contributed by atoms with Crippen LogP contribution >= 0.6 is 0 Å². The highest BCUT2D eigenvalue weighted by molar-refractivity contribution is 6.40. The summed E-state index contributed by atoms with van der Waals surface area (Å²) in [5.41, 5.74) is 0.734. The molecule has 1 aliphatic rings. The number of rotatable bonds is 6. The smallest absolute Gasteiger partial charge is 0.326 e. The summed E-state index contributed by atoms with van der Waals surface area (Å²) in [7, 11) is 0. The number of hydrazone groups is 1. The van der Waals surface area contributed by atoms with Crippen molar-refractivity contribution < 1.29 is 19.5 Å². The molecule has 1 aromatic carbocycles. The van der Waals surface area contributed by atoms with Crippen molar-refractivity contribution in [3.05, 3.63) is 30.3 Å². The molecule has 0 saturated carbocycles. The SMILES string of the molecule is CCC(C)C(NC(=O)C1=NN(c2ccccc2)C(=O)CC1)C(=O)O. The second kappa shape index (κ2) is 7.72. The Balaban J connectivity index is 2.19. The van der Waals surface area contributed by atoms with E-state index in [1.54, 1.807) is 31.2 Å². The van der Waals surface area contributed by atoms with Crippen molar-refractivity contribution >= 4 is 29.2 Å². The van der Waals surface area contributed by atoms with Crippen molar-refractivity contribution in [1.82, 2.24) is 5.32 Å². The van der Waals surface area contributed by atoms with Gasteiger partial charge in [-0.25, -0.2) is 9.80 Å². The Hall–Kier alpha value is -2.70. The third kappa shape index (κ3) is 3.98. The minimum absolute atomic E-state index is 0.155. The van der Waals surface area contributed by atoms with Gasteiger partial charge in [-0.1, -0.05) is 38.5 Å². The maximum absolute atomic E-state index is 12.4. The lowest BCUT2D eigenvalue weighted by molar-refractivity contribution is -0.142. The van der Waals surface area contributed by atoms with E-state index < -0.39 is 17.9 Å². The van der Waals surface area contributed by atoms with Crippen molar-refractivity contribution in [2.24, 2.45) is 11.0 Å². The molecule has 0 saturated heterocycles. The van der Waals surface area contributed by atoms with Gasteiger partial charge < -0.3 is 10.4 Å². The number of amides is 2. The monoisotopic (exact) mass is 331 g/mol. The molecule has 7 heteroatoms. The molecule has 24 heavy (non-hydrogen) atoms. The van der Waals surface area contributed by atoms with Crippen LogP contribution in [0.1, 0.15) is 33.1 Å². The molecule has 1 aromatic rings. The van der Waals surface area contributed by atoms with Gasteiger partial charge in [0.2, 0.25) is 5.91 Å². The summed E-state index contributed by atoms with van der Waals surface area (Å²) in [5.74, 6) is -2.03. The van der Waals surface area contributed by atoms with Crippen LogP contribution in [-0.4, -0.2) is 34.6 Å². The lowest BCUT2D eigenvalue weighted by Gasteiger charge is -2.25. The van der Waals surface area contributed by atoms with Crippen LogP contribution in [0.25, 0.3) is 0 Å². The lowest BCUT2D eigenvalue weighted by atomic mass is 9.99. The highest BCUT2D eigenvalue weighted by Gasteiger charge is 2.30. The third-order valence-electron chi connectivity index (χ3n) is 4.06. The van der Waals surface area contributed by atoms with E-state index in [1.807, 2.05) is 13.0 Å². The summed E-state index contributed by atoms with van der Waals surface area (Å²) < 4.78 is 0. The van der Waals surface area contributed by atoms with E-state index in [-0.39, 0.29) is 30.4 Å². The van der Waals surface area contributed by atoms with Crippen LogP contribution in [0, 0.1) is 5.92 Å². The zero-order valence-electron chi connectivity index (χ0n) is 13.7. The topological polar surface area (TPSA) is 99.1 Å². The predicted octanol–water partition coefficient (Wildman–Crippen LogP) is 1.78. The molecule has 0 bridgehead atoms. The first kappa shape index (κ1) is 17.7. The van der Waals surface area contributed by atoms with Crippen LogP contribution < -0.4 is 10.3 Å². The summed E-state index contributed by atoms with van der Waals surface area (Å²) in [6, 6.07) is 7.83. The molecule has 2 amide bonds. The fraction of sp³-hybridized carbons (Fsp3) is 0.412. The van der Waals surface area contributed by atoms with Crippen LogP contribution in [0.4, 0.5) is 5.69 Å². The number of benzene rings is 1. The summed E-state index contributed by atoms with van der Waals surface area (Å²) >= 11 is 0. The number of carbonyl (C=O) groups is 3. The maximum atomic E-state index is 12.4. The van der Waals surface area contributed by atoms with Gasteiger partial charge in [-0.05, 0) is 18.1 Å². The van der Waals surface area contributed by atoms with Gasteiger partial charge in [-0.2, -0.15) is 5.10 Å². The molecular formula is C17H21N3O4. The largest absolute Gasteiger partial charge is 0.480 e. The zero-order chi connectivity index (χ0) is 17.7. The van der Waals surface area contributed by atoms with Crippen LogP contribution in [0.2, 0.25) is 0 Å². The Labute approximate surface area is 140 Å². The average Bonchev–Trinajstić information content (AvgIpc) is 2.59. The van der Waals surface area contributed by atoms with E-state index in [9.17, 15) is 19.5 Å². The quantitative estimate of drug-likeness (QED) is 0.830. The Morgan fingerprint density at radius 2 is 1.96 bits per heavy atom. The molecule has 2 unspecified atom stereocenters. The standard InChI is InChI=1S/C17H21N3O4/c1-3-11(2)15(17(23)24)18-16(22)13-9-10-14(21)20(19-13)12-7-5-4-6-8-12/h4-8,11,15H,3,9-10H2,1-2H3,(H,18,22)(H,23,24). The summed E-state index contributed by atoms with van der Waals surface area (Å²) in [4.78, 5) is 35.8. The van der Waals surface area contributed by atoms with Crippen molar-refractivity contribution in [2.75, 3.05) is 5.01 Å². The molecule has 2 rings (SSSR count). The number of hydrogen-bond acceptors (Lipinski definition) is 4. The van der Waals surface area contributed by atoms with E-state index >= 15 is 0 Å². The van der Waals surface area contributed by atoms with E-state index in [4.69, 9.17) is 0 Å². The summed E-state index contributed by atoms with van der Waals surface area (Å²) in [6.07, 6.45) is 0.974. The molecule has 1 aliphatic heterocycles. The first-order chi connectivity index (χ1) is 11.4. The van der Waals surface area contributed by atoms with Gasteiger partial charge in [0.1, 0.15) is 11.8 Å². The molecule has 0 aromatic heterocycles. The number of aliphatic carboxylic acids is 1. The molecule has 128 valence electrons. The van der Waals surface area contributed by atoms with E-state index in [0.29, 0.717) is 12.1 Å². The highest BCUT2D eigenvalue weighted by Crippen LogP contribution is 2.20. The Morgan fingerprint density at radius 1 is 1.29 bits per heavy atom. The molecule has 2 atom stereocenters. The minimum Gasteiger partial charge on any atom is -0.480 e. The summed E-state index contributed by atoms with van der Waals surface area (Å²) in [6.45, 7) is 3.63. The van der Waals surface area contributed by atoms with Crippen molar-refractivity contribution in [2.45, 2.75) is 39.2 Å².